The Kier molecular flexibility index (Phi) is 36.7. The van der Waals surface area contributed by atoms with Crippen molar-refractivity contribution in [1.82, 2.24) is 0 Å². The highest BCUT2D eigenvalue weighted by Crippen LogP contribution is 2.23. The molecule has 1 aliphatic rings. The maximum absolute atomic E-state index is 12.8. The second-order valence-electron chi connectivity index (χ2n) is 16.6. The summed E-state index contributed by atoms with van der Waals surface area (Å²) in [6.45, 7) is 4.61. The number of rotatable bonds is 41. The van der Waals surface area contributed by atoms with Gasteiger partial charge in [-0.3, -0.25) is 4.79 Å². The molecule has 0 aromatic carbocycles. The molecule has 0 aliphatic carbocycles. The molecule has 328 valence electrons. The van der Waals surface area contributed by atoms with Crippen LogP contribution >= 0.6 is 0 Å². The van der Waals surface area contributed by atoms with Gasteiger partial charge in [0.2, 0.25) is 0 Å². The van der Waals surface area contributed by atoms with Crippen molar-refractivity contribution in [3.8, 4) is 0 Å². The van der Waals surface area contributed by atoms with Crippen LogP contribution in [-0.4, -0.2) is 89.6 Å². The van der Waals surface area contributed by atoms with Crippen molar-refractivity contribution >= 4 is 5.97 Å². The van der Waals surface area contributed by atoms with Crippen LogP contribution in [-0.2, 0) is 23.7 Å². The first-order valence-corrected chi connectivity index (χ1v) is 23.6. The third kappa shape index (κ3) is 30.0. The first-order valence-electron chi connectivity index (χ1n) is 23.6. The molecule has 6 unspecified atom stereocenters. The molecule has 1 fully saturated rings. The summed E-state index contributed by atoms with van der Waals surface area (Å²) in [7, 11) is 0. The molecule has 1 rings (SSSR count). The van der Waals surface area contributed by atoms with Crippen LogP contribution in [0.2, 0.25) is 0 Å². The van der Waals surface area contributed by atoms with E-state index in [2.05, 4.69) is 13.8 Å². The van der Waals surface area contributed by atoms with E-state index in [1.54, 1.807) is 0 Å². The lowest BCUT2D eigenvalue weighted by atomic mass is 9.99. The number of carbonyl (C=O) groups excluding carboxylic acids is 1. The van der Waals surface area contributed by atoms with E-state index < -0.39 is 43.4 Å². The van der Waals surface area contributed by atoms with Gasteiger partial charge >= 0.3 is 5.97 Å². The van der Waals surface area contributed by atoms with Crippen molar-refractivity contribution in [1.29, 1.82) is 0 Å². The van der Waals surface area contributed by atoms with Gasteiger partial charge in [-0.15, -0.1) is 0 Å². The molecule has 9 heteroatoms. The Balaban J connectivity index is 2.21. The number of aliphatic hydroxyl groups excluding tert-OH is 4. The van der Waals surface area contributed by atoms with E-state index >= 15 is 0 Å². The van der Waals surface area contributed by atoms with Gasteiger partial charge in [-0.1, -0.05) is 206 Å². The van der Waals surface area contributed by atoms with E-state index in [9.17, 15) is 25.2 Å². The Hall–Kier alpha value is -0.810. The fourth-order valence-corrected chi connectivity index (χ4v) is 7.55. The van der Waals surface area contributed by atoms with Crippen LogP contribution in [0.5, 0.6) is 0 Å². The van der Waals surface area contributed by atoms with Crippen LogP contribution in [0.3, 0.4) is 0 Å². The zero-order valence-corrected chi connectivity index (χ0v) is 36.0. The van der Waals surface area contributed by atoms with Crippen molar-refractivity contribution in [3.05, 3.63) is 0 Å². The third-order valence-corrected chi connectivity index (χ3v) is 11.3. The van der Waals surface area contributed by atoms with E-state index in [1.807, 2.05) is 0 Å². The Morgan fingerprint density at radius 2 is 0.891 bits per heavy atom. The average Bonchev–Trinajstić information content (AvgIpc) is 3.18. The van der Waals surface area contributed by atoms with Crippen LogP contribution in [0.25, 0.3) is 0 Å². The first kappa shape index (κ1) is 52.2. The van der Waals surface area contributed by atoms with Crippen LogP contribution < -0.4 is 0 Å². The summed E-state index contributed by atoms with van der Waals surface area (Å²) < 4.78 is 22.8. The summed E-state index contributed by atoms with van der Waals surface area (Å²) in [6, 6.07) is 0. The predicted octanol–water partition coefficient (Wildman–Crippen LogP) is 10.6. The Morgan fingerprint density at radius 3 is 1.29 bits per heavy atom. The normalized spacial score (nSPS) is 20.6. The van der Waals surface area contributed by atoms with Crippen molar-refractivity contribution in [2.75, 3.05) is 26.4 Å². The largest absolute Gasteiger partial charge is 0.457 e. The molecule has 0 amide bonds. The number of hydrogen-bond acceptors (Lipinski definition) is 9. The van der Waals surface area contributed by atoms with Gasteiger partial charge in [0.15, 0.2) is 6.29 Å². The third-order valence-electron chi connectivity index (χ3n) is 11.3. The summed E-state index contributed by atoms with van der Waals surface area (Å²) in [5, 5.41) is 40.1. The molecule has 0 aromatic rings. The second-order valence-corrected chi connectivity index (χ2v) is 16.6. The zero-order valence-electron chi connectivity index (χ0n) is 36.0. The molecule has 9 nitrogen and oxygen atoms in total. The van der Waals surface area contributed by atoms with Crippen LogP contribution in [0.4, 0.5) is 0 Å². The van der Waals surface area contributed by atoms with Crippen LogP contribution in [0.15, 0.2) is 0 Å². The lowest BCUT2D eigenvalue weighted by molar-refractivity contribution is -0.305. The van der Waals surface area contributed by atoms with Crippen molar-refractivity contribution in [3.63, 3.8) is 0 Å². The lowest BCUT2D eigenvalue weighted by Gasteiger charge is -2.39. The maximum Gasteiger partial charge on any atom is 0.306 e. The Morgan fingerprint density at radius 1 is 0.509 bits per heavy atom. The number of hydrogen-bond donors (Lipinski definition) is 4. The molecule has 55 heavy (non-hydrogen) atoms. The SMILES string of the molecule is CCCCCCCCCCCCCCCCCCCCCC(=O)OC(COCCCCCCCCCCCCCCC)COC1OC(CO)C(O)C(O)C1O. The monoisotopic (exact) mass is 787 g/mol. The quantitative estimate of drug-likeness (QED) is 0.0353. The van der Waals surface area contributed by atoms with Crippen LogP contribution in [0, 0.1) is 0 Å². The Bertz CT molecular complexity index is 812. The number of carbonyl (C=O) groups is 1. The summed E-state index contributed by atoms with van der Waals surface area (Å²) in [4.78, 5) is 12.8. The minimum Gasteiger partial charge on any atom is -0.457 e. The minimum atomic E-state index is -1.53. The van der Waals surface area contributed by atoms with E-state index in [0.717, 1.165) is 32.1 Å². The molecular formula is C46H90O9. The van der Waals surface area contributed by atoms with Crippen molar-refractivity contribution < 1.29 is 44.2 Å². The van der Waals surface area contributed by atoms with Crippen LogP contribution in [0.1, 0.15) is 226 Å². The molecule has 6 atom stereocenters. The van der Waals surface area contributed by atoms with Gasteiger partial charge in [0, 0.05) is 13.0 Å². The molecule has 0 spiro atoms. The van der Waals surface area contributed by atoms with Gasteiger partial charge in [-0.05, 0) is 12.8 Å². The fraction of sp³-hybridized carbons (Fsp3) is 0.978. The topological polar surface area (TPSA) is 135 Å². The van der Waals surface area contributed by atoms with Gasteiger partial charge in [-0.25, -0.2) is 0 Å². The van der Waals surface area contributed by atoms with Gasteiger partial charge in [0.1, 0.15) is 30.5 Å². The summed E-state index contributed by atoms with van der Waals surface area (Å²) in [5.41, 5.74) is 0. The number of aliphatic hydroxyl groups is 4. The molecule has 0 saturated carbocycles. The lowest BCUT2D eigenvalue weighted by Crippen LogP contribution is -2.59. The van der Waals surface area contributed by atoms with Crippen molar-refractivity contribution in [2.24, 2.45) is 0 Å². The number of unbranched alkanes of at least 4 members (excludes halogenated alkanes) is 30. The molecule has 0 aromatic heterocycles. The standard InChI is InChI=1S/C46H90O9/c1-3-5-7-9-11-13-15-17-18-19-20-21-22-23-25-27-29-31-33-35-42(48)54-40(39-53-46-45(51)44(50)43(49)41(37-47)55-46)38-52-36-34-32-30-28-26-24-16-14-12-10-8-6-4-2/h40-41,43-47,49-51H,3-39H2,1-2H3. The molecule has 0 bridgehead atoms. The predicted molar refractivity (Wildman–Crippen MR) is 224 cm³/mol. The van der Waals surface area contributed by atoms with Gasteiger partial charge in [0.05, 0.1) is 19.8 Å². The minimum absolute atomic E-state index is 0.105. The Labute approximate surface area is 338 Å². The summed E-state index contributed by atoms with van der Waals surface area (Å²) in [5.74, 6) is -0.307. The molecule has 1 heterocycles. The highest BCUT2D eigenvalue weighted by Gasteiger charge is 2.44. The maximum atomic E-state index is 12.8. The molecule has 4 N–H and O–H groups in total. The fourth-order valence-electron chi connectivity index (χ4n) is 7.55. The molecular weight excluding hydrogens is 696 g/mol. The number of ether oxygens (including phenoxy) is 4. The van der Waals surface area contributed by atoms with Gasteiger partial charge < -0.3 is 39.4 Å². The molecule has 0 radical (unpaired) electrons. The number of esters is 1. The molecule has 1 saturated heterocycles. The second kappa shape index (κ2) is 38.7. The summed E-state index contributed by atoms with van der Waals surface area (Å²) in [6.07, 6.45) is 34.1. The van der Waals surface area contributed by atoms with Crippen molar-refractivity contribution in [2.45, 2.75) is 263 Å². The van der Waals surface area contributed by atoms with E-state index in [0.29, 0.717) is 13.0 Å². The summed E-state index contributed by atoms with van der Waals surface area (Å²) >= 11 is 0. The smallest absolute Gasteiger partial charge is 0.306 e. The highest BCUT2D eigenvalue weighted by atomic mass is 16.7. The van der Waals surface area contributed by atoms with Gasteiger partial charge in [-0.2, -0.15) is 0 Å². The highest BCUT2D eigenvalue weighted by molar-refractivity contribution is 5.69. The molecule has 1 aliphatic heterocycles. The zero-order chi connectivity index (χ0) is 40.0. The van der Waals surface area contributed by atoms with E-state index in [-0.39, 0.29) is 19.2 Å². The van der Waals surface area contributed by atoms with E-state index in [4.69, 9.17) is 18.9 Å². The van der Waals surface area contributed by atoms with E-state index in [1.165, 1.54) is 173 Å². The first-order chi connectivity index (χ1) is 26.9. The average molecular weight is 787 g/mol. The van der Waals surface area contributed by atoms with Gasteiger partial charge in [0.25, 0.3) is 0 Å².